The van der Waals surface area contributed by atoms with Crippen molar-refractivity contribution in [1.82, 2.24) is 4.90 Å². The number of benzene rings is 1. The van der Waals surface area contributed by atoms with Crippen molar-refractivity contribution in [2.75, 3.05) is 19.7 Å². The zero-order chi connectivity index (χ0) is 15.4. The van der Waals surface area contributed by atoms with Crippen molar-refractivity contribution in [2.24, 2.45) is 5.92 Å². The number of halogens is 1. The van der Waals surface area contributed by atoms with Gasteiger partial charge < -0.3 is 14.7 Å². The highest BCUT2D eigenvalue weighted by atomic mass is 127. The average molecular weight is 403 g/mol. The van der Waals surface area contributed by atoms with Crippen LogP contribution in [0.25, 0.3) is 0 Å². The highest BCUT2D eigenvalue weighted by Crippen LogP contribution is 2.23. The van der Waals surface area contributed by atoms with Gasteiger partial charge in [0.25, 0.3) is 5.91 Å². The summed E-state index contributed by atoms with van der Waals surface area (Å²) >= 11 is 2.06. The molecule has 1 saturated heterocycles. The number of piperidine rings is 1. The van der Waals surface area contributed by atoms with Crippen LogP contribution < -0.4 is 4.74 Å². The van der Waals surface area contributed by atoms with Gasteiger partial charge in [0.15, 0.2) is 6.61 Å². The van der Waals surface area contributed by atoms with Crippen LogP contribution in [0.5, 0.6) is 5.75 Å². The average Bonchev–Trinajstić information content (AvgIpc) is 2.46. The largest absolute Gasteiger partial charge is 0.483 e. The molecular weight excluding hydrogens is 385 g/mol. The Kier molecular flexibility index (Phi) is 5.44. The second kappa shape index (κ2) is 7.11. The van der Waals surface area contributed by atoms with E-state index in [2.05, 4.69) is 29.5 Å². The molecule has 1 heterocycles. The molecule has 0 aromatic heterocycles. The third-order valence-corrected chi connectivity index (χ3v) is 4.56. The number of carbonyl (C=O) groups excluding carboxylic acids is 1. The Balaban J connectivity index is 1.94. The maximum absolute atomic E-state index is 12.1. The quantitative estimate of drug-likeness (QED) is 0.786. The Morgan fingerprint density at radius 1 is 1.38 bits per heavy atom. The number of rotatable bonds is 4. The summed E-state index contributed by atoms with van der Waals surface area (Å²) in [6.07, 6.45) is 2.05. The lowest BCUT2D eigenvalue weighted by molar-refractivity contribution is -0.134. The number of likely N-dealkylation sites (tertiary alicyclic amines) is 1. The molecule has 0 radical (unpaired) electrons. The molecule has 2 rings (SSSR count). The fraction of sp³-hybridized carbons (Fsp3) is 0.467. The molecule has 1 fully saturated rings. The van der Waals surface area contributed by atoms with E-state index in [0.29, 0.717) is 11.7 Å². The van der Waals surface area contributed by atoms with Crippen molar-refractivity contribution in [2.45, 2.75) is 19.8 Å². The van der Waals surface area contributed by atoms with Crippen LogP contribution in [0.3, 0.4) is 0 Å². The molecule has 0 spiro atoms. The summed E-state index contributed by atoms with van der Waals surface area (Å²) < 4.78 is 6.30. The maximum atomic E-state index is 12.1. The van der Waals surface area contributed by atoms with Crippen molar-refractivity contribution < 1.29 is 19.4 Å². The lowest BCUT2D eigenvalue weighted by Crippen LogP contribution is -2.40. The van der Waals surface area contributed by atoms with Gasteiger partial charge in [-0.3, -0.25) is 4.79 Å². The van der Waals surface area contributed by atoms with Gasteiger partial charge in [-0.05, 0) is 59.5 Å². The SMILES string of the molecule is CC1CCN(C(=O)COc2cc(C(=O)O)ccc2I)CC1. The van der Waals surface area contributed by atoms with Gasteiger partial charge in [-0.15, -0.1) is 0 Å². The number of carboxylic acids is 1. The molecule has 114 valence electrons. The van der Waals surface area contributed by atoms with Crippen LogP contribution in [0.2, 0.25) is 0 Å². The Hall–Kier alpha value is -1.31. The number of nitrogens with zero attached hydrogens (tertiary/aromatic N) is 1. The van der Waals surface area contributed by atoms with E-state index in [0.717, 1.165) is 29.5 Å². The Labute approximate surface area is 137 Å². The van der Waals surface area contributed by atoms with E-state index in [1.54, 1.807) is 6.07 Å². The molecule has 1 aromatic carbocycles. The molecule has 0 atom stereocenters. The van der Waals surface area contributed by atoms with Gasteiger partial charge in [0, 0.05) is 13.1 Å². The fourth-order valence-corrected chi connectivity index (χ4v) is 2.73. The zero-order valence-electron chi connectivity index (χ0n) is 11.8. The van der Waals surface area contributed by atoms with Gasteiger partial charge in [-0.2, -0.15) is 0 Å². The van der Waals surface area contributed by atoms with E-state index in [1.807, 2.05) is 4.90 Å². The van der Waals surface area contributed by atoms with Crippen molar-refractivity contribution >= 4 is 34.5 Å². The Morgan fingerprint density at radius 2 is 2.05 bits per heavy atom. The molecule has 1 amide bonds. The number of ether oxygens (including phenoxy) is 1. The van der Waals surface area contributed by atoms with Crippen LogP contribution in [-0.2, 0) is 4.79 Å². The molecule has 1 N–H and O–H groups in total. The molecule has 6 heteroatoms. The first kappa shape index (κ1) is 16.1. The minimum Gasteiger partial charge on any atom is -0.483 e. The lowest BCUT2D eigenvalue weighted by Gasteiger charge is -2.30. The molecular formula is C15H18INO4. The summed E-state index contributed by atoms with van der Waals surface area (Å²) in [4.78, 5) is 24.9. The van der Waals surface area contributed by atoms with Crippen LogP contribution in [0.15, 0.2) is 18.2 Å². The van der Waals surface area contributed by atoms with Gasteiger partial charge in [0.2, 0.25) is 0 Å². The number of hydrogen-bond donors (Lipinski definition) is 1. The molecule has 0 unspecified atom stereocenters. The molecule has 1 aromatic rings. The number of carbonyl (C=O) groups is 2. The minimum absolute atomic E-state index is 0.0431. The predicted octanol–water partition coefficient (Wildman–Crippen LogP) is 2.63. The van der Waals surface area contributed by atoms with Crippen LogP contribution in [-0.4, -0.2) is 41.6 Å². The summed E-state index contributed by atoms with van der Waals surface area (Å²) in [7, 11) is 0. The molecule has 0 saturated carbocycles. The van der Waals surface area contributed by atoms with E-state index in [1.165, 1.54) is 12.1 Å². The van der Waals surface area contributed by atoms with Crippen molar-refractivity contribution in [1.29, 1.82) is 0 Å². The Bertz CT molecular complexity index is 538. The summed E-state index contributed by atoms with van der Waals surface area (Å²) in [6, 6.07) is 4.65. The van der Waals surface area contributed by atoms with Crippen molar-refractivity contribution in [3.05, 3.63) is 27.3 Å². The maximum Gasteiger partial charge on any atom is 0.335 e. The predicted molar refractivity (Wildman–Crippen MR) is 86.6 cm³/mol. The van der Waals surface area contributed by atoms with E-state index < -0.39 is 5.97 Å². The number of hydrogen-bond acceptors (Lipinski definition) is 3. The lowest BCUT2D eigenvalue weighted by atomic mass is 9.99. The highest BCUT2D eigenvalue weighted by molar-refractivity contribution is 14.1. The van der Waals surface area contributed by atoms with Crippen molar-refractivity contribution in [3.8, 4) is 5.75 Å². The third kappa shape index (κ3) is 4.33. The van der Waals surface area contributed by atoms with Crippen molar-refractivity contribution in [3.63, 3.8) is 0 Å². The second-order valence-corrected chi connectivity index (χ2v) is 6.46. The standard InChI is InChI=1S/C15H18INO4/c1-10-4-6-17(7-5-10)14(18)9-21-13-8-11(15(19)20)2-3-12(13)16/h2-3,8,10H,4-7,9H2,1H3,(H,19,20). The van der Waals surface area contributed by atoms with E-state index in [9.17, 15) is 9.59 Å². The number of carboxylic acid groups (broad SMARTS) is 1. The normalized spacial score (nSPS) is 15.8. The van der Waals surface area contributed by atoms with Gasteiger partial charge >= 0.3 is 5.97 Å². The topological polar surface area (TPSA) is 66.8 Å². The van der Waals surface area contributed by atoms with Crippen LogP contribution in [0, 0.1) is 9.49 Å². The smallest absolute Gasteiger partial charge is 0.335 e. The van der Waals surface area contributed by atoms with Gasteiger partial charge in [-0.1, -0.05) is 6.92 Å². The first-order valence-corrected chi connectivity index (χ1v) is 7.98. The molecule has 21 heavy (non-hydrogen) atoms. The summed E-state index contributed by atoms with van der Waals surface area (Å²) in [5, 5.41) is 8.97. The summed E-state index contributed by atoms with van der Waals surface area (Å²) in [6.45, 7) is 3.69. The van der Waals surface area contributed by atoms with Gasteiger partial charge in [0.05, 0.1) is 9.13 Å². The van der Waals surface area contributed by atoms with Crippen LogP contribution in [0.4, 0.5) is 0 Å². The molecule has 0 aliphatic carbocycles. The third-order valence-electron chi connectivity index (χ3n) is 3.67. The Morgan fingerprint density at radius 3 is 2.67 bits per heavy atom. The van der Waals surface area contributed by atoms with Gasteiger partial charge in [-0.25, -0.2) is 4.79 Å². The first-order valence-electron chi connectivity index (χ1n) is 6.91. The zero-order valence-corrected chi connectivity index (χ0v) is 14.0. The van der Waals surface area contributed by atoms with E-state index in [-0.39, 0.29) is 18.1 Å². The monoisotopic (exact) mass is 403 g/mol. The number of amides is 1. The molecule has 0 bridgehead atoms. The molecule has 1 aliphatic heterocycles. The fourth-order valence-electron chi connectivity index (χ4n) is 2.24. The summed E-state index contributed by atoms with van der Waals surface area (Å²) in [5.74, 6) is 0.0587. The molecule has 5 nitrogen and oxygen atoms in total. The van der Waals surface area contributed by atoms with E-state index >= 15 is 0 Å². The first-order chi connectivity index (χ1) is 9.97. The highest BCUT2D eigenvalue weighted by Gasteiger charge is 2.20. The van der Waals surface area contributed by atoms with Crippen LogP contribution in [0.1, 0.15) is 30.1 Å². The molecule has 1 aliphatic rings. The second-order valence-electron chi connectivity index (χ2n) is 5.30. The van der Waals surface area contributed by atoms with Crippen LogP contribution >= 0.6 is 22.6 Å². The number of aromatic carboxylic acids is 1. The van der Waals surface area contributed by atoms with Gasteiger partial charge in [0.1, 0.15) is 5.75 Å². The van der Waals surface area contributed by atoms with E-state index in [4.69, 9.17) is 9.84 Å². The summed E-state index contributed by atoms with van der Waals surface area (Å²) in [5.41, 5.74) is 0.157. The minimum atomic E-state index is -1.01.